The molecule has 0 bridgehead atoms. The maximum Gasteiger partial charge on any atom is 0.203 e. The van der Waals surface area contributed by atoms with Crippen molar-refractivity contribution in [3.8, 4) is 0 Å². The van der Waals surface area contributed by atoms with Crippen LogP contribution in [0.4, 0.5) is 5.95 Å². The van der Waals surface area contributed by atoms with Gasteiger partial charge in [0.25, 0.3) is 0 Å². The number of aromatic nitrogens is 4. The molecule has 0 aliphatic carbocycles. The summed E-state index contributed by atoms with van der Waals surface area (Å²) in [5, 5.41) is 7.55. The number of nitrogens with zero attached hydrogens (tertiary/aromatic N) is 4. The summed E-state index contributed by atoms with van der Waals surface area (Å²) in [6, 6.07) is 2.27. The van der Waals surface area contributed by atoms with Gasteiger partial charge in [-0.2, -0.15) is 5.10 Å². The van der Waals surface area contributed by atoms with Crippen LogP contribution < -0.4 is 5.32 Å². The molecular weight excluding hydrogens is 214 g/mol. The summed E-state index contributed by atoms with van der Waals surface area (Å²) in [6.45, 7) is 6.11. The molecule has 0 amide bonds. The fourth-order valence-corrected chi connectivity index (χ4v) is 1.81. The molecule has 0 aliphatic heterocycles. The second kappa shape index (κ2) is 5.52. The van der Waals surface area contributed by atoms with Gasteiger partial charge in [-0.15, -0.1) is 0 Å². The number of anilines is 1. The summed E-state index contributed by atoms with van der Waals surface area (Å²) in [7, 11) is 0. The molecule has 17 heavy (non-hydrogen) atoms. The number of hydrogen-bond donors (Lipinski definition) is 1. The average molecular weight is 233 g/mol. The highest BCUT2D eigenvalue weighted by atomic mass is 15.3. The molecule has 2 aromatic rings. The van der Waals surface area contributed by atoms with Crippen LogP contribution in [0.15, 0.2) is 30.9 Å². The van der Waals surface area contributed by atoms with Crippen LogP contribution in [0.5, 0.6) is 0 Å². The molecule has 0 saturated heterocycles. The minimum absolute atomic E-state index is 0.330. The van der Waals surface area contributed by atoms with E-state index >= 15 is 0 Å². The molecule has 0 aliphatic rings. The van der Waals surface area contributed by atoms with Gasteiger partial charge < -0.3 is 9.88 Å². The summed E-state index contributed by atoms with van der Waals surface area (Å²) < 4.78 is 4.09. The van der Waals surface area contributed by atoms with Crippen molar-refractivity contribution in [2.75, 3.05) is 11.9 Å². The molecule has 1 N–H and O–H groups in total. The quantitative estimate of drug-likeness (QED) is 0.831. The van der Waals surface area contributed by atoms with Gasteiger partial charge in [-0.05, 0) is 19.4 Å². The van der Waals surface area contributed by atoms with Gasteiger partial charge in [0.05, 0.1) is 12.6 Å². The maximum absolute atomic E-state index is 4.33. The minimum Gasteiger partial charge on any atom is -0.356 e. The van der Waals surface area contributed by atoms with Crippen molar-refractivity contribution in [2.45, 2.75) is 32.9 Å². The van der Waals surface area contributed by atoms with E-state index in [1.54, 1.807) is 6.20 Å². The highest BCUT2D eigenvalue weighted by Crippen LogP contribution is 2.14. The zero-order valence-electron chi connectivity index (χ0n) is 10.4. The Kier molecular flexibility index (Phi) is 3.80. The first-order chi connectivity index (χ1) is 8.31. The van der Waals surface area contributed by atoms with E-state index < -0.39 is 0 Å². The first-order valence-corrected chi connectivity index (χ1v) is 6.05. The predicted molar refractivity (Wildman–Crippen MR) is 67.9 cm³/mol. The molecule has 1 atom stereocenters. The monoisotopic (exact) mass is 233 g/mol. The molecule has 0 saturated carbocycles. The molecule has 0 fully saturated rings. The molecule has 0 radical (unpaired) electrons. The number of nitrogens with one attached hydrogen (secondary N) is 1. The molecule has 2 heterocycles. The highest BCUT2D eigenvalue weighted by molar-refractivity contribution is 5.26. The van der Waals surface area contributed by atoms with Crippen molar-refractivity contribution in [1.82, 2.24) is 19.3 Å². The maximum atomic E-state index is 4.33. The molecule has 92 valence electrons. The van der Waals surface area contributed by atoms with Crippen LogP contribution in [-0.2, 0) is 6.54 Å². The summed E-state index contributed by atoms with van der Waals surface area (Å²) in [4.78, 5) is 4.33. The molecule has 0 spiro atoms. The number of imidazole rings is 1. The Morgan fingerprint density at radius 2 is 2.24 bits per heavy atom. The molecule has 1 unspecified atom stereocenters. The largest absolute Gasteiger partial charge is 0.356 e. The predicted octanol–water partition coefficient (Wildman–Crippen LogP) is 2.16. The summed E-state index contributed by atoms with van der Waals surface area (Å²) in [5.74, 6) is 0.937. The Morgan fingerprint density at radius 3 is 2.94 bits per heavy atom. The lowest BCUT2D eigenvalue weighted by Gasteiger charge is -2.16. The van der Waals surface area contributed by atoms with Crippen LogP contribution >= 0.6 is 0 Å². The summed E-state index contributed by atoms with van der Waals surface area (Å²) in [5.41, 5.74) is 0. The van der Waals surface area contributed by atoms with Gasteiger partial charge in [-0.25, -0.2) is 4.98 Å². The normalized spacial score (nSPS) is 12.6. The van der Waals surface area contributed by atoms with Gasteiger partial charge in [-0.3, -0.25) is 4.68 Å². The Bertz CT molecular complexity index is 431. The topological polar surface area (TPSA) is 47.7 Å². The van der Waals surface area contributed by atoms with Gasteiger partial charge >= 0.3 is 0 Å². The lowest BCUT2D eigenvalue weighted by molar-refractivity contribution is 0.440. The van der Waals surface area contributed by atoms with Crippen molar-refractivity contribution in [3.63, 3.8) is 0 Å². The molecule has 2 aromatic heterocycles. The fraction of sp³-hybridized carbons (Fsp3) is 0.500. The van der Waals surface area contributed by atoms with Crippen LogP contribution in [0, 0.1) is 0 Å². The van der Waals surface area contributed by atoms with E-state index in [0.717, 1.165) is 25.5 Å². The van der Waals surface area contributed by atoms with E-state index in [2.05, 4.69) is 33.8 Å². The molecular formula is C12H19N5. The first kappa shape index (κ1) is 11.7. The molecule has 0 aromatic carbocycles. The lowest BCUT2D eigenvalue weighted by Crippen LogP contribution is -2.16. The van der Waals surface area contributed by atoms with E-state index in [0.29, 0.717) is 6.04 Å². The van der Waals surface area contributed by atoms with Gasteiger partial charge in [0, 0.05) is 31.3 Å². The Balaban J connectivity index is 2.03. The molecule has 2 rings (SSSR count). The SMILES string of the molecule is CCCNc1nccn1C(C)Cn1cccn1. The van der Waals surface area contributed by atoms with Crippen LogP contribution in [0.25, 0.3) is 0 Å². The van der Waals surface area contributed by atoms with Crippen molar-refractivity contribution >= 4 is 5.95 Å². The van der Waals surface area contributed by atoms with Crippen LogP contribution in [0.2, 0.25) is 0 Å². The average Bonchev–Trinajstić information content (AvgIpc) is 2.96. The standard InChI is InChI=1S/C12H19N5/c1-3-5-13-12-14-7-9-17(12)11(2)10-16-8-4-6-15-16/h4,6-9,11H,3,5,10H2,1-2H3,(H,13,14). The summed E-state index contributed by atoms with van der Waals surface area (Å²) >= 11 is 0. The number of hydrogen-bond acceptors (Lipinski definition) is 3. The van der Waals surface area contributed by atoms with Crippen LogP contribution in [-0.4, -0.2) is 25.9 Å². The Hall–Kier alpha value is -1.78. The first-order valence-electron chi connectivity index (χ1n) is 6.05. The third-order valence-electron chi connectivity index (χ3n) is 2.69. The lowest BCUT2D eigenvalue weighted by atomic mass is 10.3. The smallest absolute Gasteiger partial charge is 0.203 e. The second-order valence-electron chi connectivity index (χ2n) is 4.16. The van der Waals surface area contributed by atoms with E-state index in [4.69, 9.17) is 0 Å². The van der Waals surface area contributed by atoms with E-state index in [1.807, 2.05) is 29.3 Å². The third-order valence-corrected chi connectivity index (χ3v) is 2.69. The van der Waals surface area contributed by atoms with Crippen molar-refractivity contribution in [3.05, 3.63) is 30.9 Å². The van der Waals surface area contributed by atoms with Crippen molar-refractivity contribution in [2.24, 2.45) is 0 Å². The minimum atomic E-state index is 0.330. The second-order valence-corrected chi connectivity index (χ2v) is 4.16. The van der Waals surface area contributed by atoms with Crippen LogP contribution in [0.3, 0.4) is 0 Å². The highest BCUT2D eigenvalue weighted by Gasteiger charge is 2.10. The number of rotatable bonds is 6. The van der Waals surface area contributed by atoms with Gasteiger partial charge in [0.2, 0.25) is 5.95 Å². The van der Waals surface area contributed by atoms with E-state index in [-0.39, 0.29) is 0 Å². The zero-order valence-corrected chi connectivity index (χ0v) is 10.4. The summed E-state index contributed by atoms with van der Waals surface area (Å²) in [6.07, 6.45) is 8.72. The van der Waals surface area contributed by atoms with Gasteiger partial charge in [0.15, 0.2) is 0 Å². The molecule has 5 nitrogen and oxygen atoms in total. The Morgan fingerprint density at radius 1 is 1.35 bits per heavy atom. The molecule has 5 heteroatoms. The zero-order chi connectivity index (χ0) is 12.1. The Labute approximate surface area is 101 Å². The fourth-order valence-electron chi connectivity index (χ4n) is 1.81. The van der Waals surface area contributed by atoms with Gasteiger partial charge in [0.1, 0.15) is 0 Å². The van der Waals surface area contributed by atoms with Crippen molar-refractivity contribution in [1.29, 1.82) is 0 Å². The van der Waals surface area contributed by atoms with Crippen LogP contribution in [0.1, 0.15) is 26.3 Å². The van der Waals surface area contributed by atoms with E-state index in [9.17, 15) is 0 Å². The van der Waals surface area contributed by atoms with E-state index in [1.165, 1.54) is 0 Å². The van der Waals surface area contributed by atoms with Crippen molar-refractivity contribution < 1.29 is 0 Å². The third kappa shape index (κ3) is 2.87. The van der Waals surface area contributed by atoms with Gasteiger partial charge in [-0.1, -0.05) is 6.92 Å².